The van der Waals surface area contributed by atoms with Gasteiger partial charge in [-0.25, -0.2) is 4.79 Å². The lowest BCUT2D eigenvalue weighted by atomic mass is 9.87. The van der Waals surface area contributed by atoms with Crippen LogP contribution in [0.25, 0.3) is 0 Å². The molecular formula is C22H27N3O3. The first-order valence-electron chi connectivity index (χ1n) is 9.60. The first-order valence-corrected chi connectivity index (χ1v) is 9.60. The Kier molecular flexibility index (Phi) is 5.68. The second-order valence-corrected chi connectivity index (χ2v) is 8.35. The van der Waals surface area contributed by atoms with Gasteiger partial charge in [0.1, 0.15) is 0 Å². The molecule has 6 nitrogen and oxygen atoms in total. The summed E-state index contributed by atoms with van der Waals surface area (Å²) in [4.78, 5) is 26.9. The van der Waals surface area contributed by atoms with Crippen molar-refractivity contribution in [2.45, 2.75) is 45.7 Å². The van der Waals surface area contributed by atoms with E-state index >= 15 is 0 Å². The fourth-order valence-corrected chi connectivity index (χ4v) is 3.41. The zero-order chi connectivity index (χ0) is 20.3. The summed E-state index contributed by atoms with van der Waals surface area (Å²) in [5.74, 6) is 0. The van der Waals surface area contributed by atoms with Crippen LogP contribution in [0.2, 0.25) is 0 Å². The summed E-state index contributed by atoms with van der Waals surface area (Å²) in [6.07, 6.45) is 0.915. The van der Waals surface area contributed by atoms with E-state index < -0.39 is 4.92 Å². The summed E-state index contributed by atoms with van der Waals surface area (Å²) in [5.41, 5.74) is 3.48. The van der Waals surface area contributed by atoms with Crippen LogP contribution in [0.1, 0.15) is 43.9 Å². The number of hydrogen-bond acceptors (Lipinski definition) is 3. The number of carbonyl (C=O) groups excluding carboxylic acids is 1. The minimum Gasteiger partial charge on any atom is -0.320 e. The highest BCUT2D eigenvalue weighted by Gasteiger charge is 2.26. The maximum atomic E-state index is 12.9. The topological polar surface area (TPSA) is 66.7 Å². The molecule has 1 heterocycles. The highest BCUT2D eigenvalue weighted by Crippen LogP contribution is 2.23. The number of hydrogen-bond donors (Lipinski definition) is 0. The van der Waals surface area contributed by atoms with Gasteiger partial charge >= 0.3 is 6.03 Å². The van der Waals surface area contributed by atoms with Gasteiger partial charge < -0.3 is 9.80 Å². The van der Waals surface area contributed by atoms with Gasteiger partial charge in [0.05, 0.1) is 4.92 Å². The van der Waals surface area contributed by atoms with Crippen LogP contribution in [-0.4, -0.2) is 33.8 Å². The van der Waals surface area contributed by atoms with Crippen molar-refractivity contribution in [1.29, 1.82) is 0 Å². The lowest BCUT2D eigenvalue weighted by Gasteiger charge is -2.36. The van der Waals surface area contributed by atoms with Crippen LogP contribution in [0.15, 0.2) is 48.5 Å². The molecule has 0 bridgehead atoms. The third-order valence-corrected chi connectivity index (χ3v) is 5.11. The summed E-state index contributed by atoms with van der Waals surface area (Å²) in [6.45, 7) is 9.08. The van der Waals surface area contributed by atoms with E-state index in [2.05, 4.69) is 45.0 Å². The average Bonchev–Trinajstić information content (AvgIpc) is 2.65. The Morgan fingerprint density at radius 3 is 1.79 bits per heavy atom. The highest BCUT2D eigenvalue weighted by molar-refractivity contribution is 5.75. The Hall–Kier alpha value is -2.89. The van der Waals surface area contributed by atoms with Gasteiger partial charge in [-0.1, -0.05) is 57.2 Å². The van der Waals surface area contributed by atoms with Crippen molar-refractivity contribution < 1.29 is 9.72 Å². The van der Waals surface area contributed by atoms with Crippen LogP contribution in [0.5, 0.6) is 0 Å². The first kappa shape index (κ1) is 19.9. The van der Waals surface area contributed by atoms with E-state index in [-0.39, 0.29) is 17.1 Å². The zero-order valence-corrected chi connectivity index (χ0v) is 16.7. The molecule has 0 N–H and O–H groups in total. The fourth-order valence-electron chi connectivity index (χ4n) is 3.41. The van der Waals surface area contributed by atoms with Crippen molar-refractivity contribution in [3.63, 3.8) is 0 Å². The van der Waals surface area contributed by atoms with Crippen LogP contribution in [-0.2, 0) is 18.5 Å². The quantitative estimate of drug-likeness (QED) is 0.556. The van der Waals surface area contributed by atoms with E-state index in [1.54, 1.807) is 12.1 Å². The Balaban J connectivity index is 1.64. The molecule has 6 heteroatoms. The second kappa shape index (κ2) is 8.00. The minimum absolute atomic E-state index is 0.0181. The maximum absolute atomic E-state index is 12.9. The summed E-state index contributed by atoms with van der Waals surface area (Å²) in [7, 11) is 0. The molecule has 28 heavy (non-hydrogen) atoms. The number of rotatable bonds is 5. The normalized spacial score (nSPS) is 15.0. The average molecular weight is 381 g/mol. The molecule has 2 aromatic carbocycles. The molecule has 0 spiro atoms. The monoisotopic (exact) mass is 381 g/mol. The Morgan fingerprint density at radius 2 is 1.36 bits per heavy atom. The molecule has 1 saturated heterocycles. The zero-order valence-electron chi connectivity index (χ0n) is 16.7. The predicted octanol–water partition coefficient (Wildman–Crippen LogP) is 4.72. The van der Waals surface area contributed by atoms with Crippen LogP contribution in [0.3, 0.4) is 0 Å². The molecule has 1 aliphatic rings. The van der Waals surface area contributed by atoms with E-state index in [9.17, 15) is 14.9 Å². The van der Waals surface area contributed by atoms with Crippen molar-refractivity contribution in [2.24, 2.45) is 0 Å². The Bertz CT molecular complexity index is 839. The third kappa shape index (κ3) is 4.68. The van der Waals surface area contributed by atoms with Crippen LogP contribution < -0.4 is 0 Å². The number of nitro benzene ring substituents is 1. The molecule has 0 aromatic heterocycles. The lowest BCUT2D eigenvalue weighted by molar-refractivity contribution is -0.384. The van der Waals surface area contributed by atoms with Crippen molar-refractivity contribution in [3.05, 3.63) is 75.3 Å². The van der Waals surface area contributed by atoms with Gasteiger partial charge in [0.2, 0.25) is 0 Å². The molecule has 0 aliphatic carbocycles. The van der Waals surface area contributed by atoms with Gasteiger partial charge in [0.25, 0.3) is 5.69 Å². The summed E-state index contributed by atoms with van der Waals surface area (Å²) in [5, 5.41) is 10.8. The van der Waals surface area contributed by atoms with E-state index in [1.165, 1.54) is 17.7 Å². The summed E-state index contributed by atoms with van der Waals surface area (Å²) in [6, 6.07) is 14.9. The number of non-ortho nitro benzene ring substituents is 1. The van der Waals surface area contributed by atoms with Gasteiger partial charge in [-0.15, -0.1) is 0 Å². The number of nitrogens with zero attached hydrogens (tertiary/aromatic N) is 3. The highest BCUT2D eigenvalue weighted by atomic mass is 16.6. The van der Waals surface area contributed by atoms with Gasteiger partial charge in [-0.05, 0) is 28.5 Å². The van der Waals surface area contributed by atoms with E-state index in [1.807, 2.05) is 9.80 Å². The van der Waals surface area contributed by atoms with Crippen molar-refractivity contribution in [2.75, 3.05) is 13.1 Å². The number of amides is 2. The Morgan fingerprint density at radius 1 is 0.893 bits per heavy atom. The second-order valence-electron chi connectivity index (χ2n) is 8.35. The lowest BCUT2D eigenvalue weighted by Crippen LogP contribution is -2.48. The molecule has 0 radical (unpaired) electrons. The maximum Gasteiger partial charge on any atom is 0.320 e. The smallest absolute Gasteiger partial charge is 0.320 e. The number of benzene rings is 2. The van der Waals surface area contributed by atoms with Crippen LogP contribution >= 0.6 is 0 Å². The number of urea groups is 1. The molecule has 1 fully saturated rings. The summed E-state index contributed by atoms with van der Waals surface area (Å²) < 4.78 is 0. The molecule has 148 valence electrons. The van der Waals surface area contributed by atoms with Gasteiger partial charge in [-0.2, -0.15) is 0 Å². The molecule has 3 rings (SSSR count). The molecule has 0 atom stereocenters. The number of nitro groups is 1. The molecule has 1 aliphatic heterocycles. The van der Waals surface area contributed by atoms with Gasteiger partial charge in [0.15, 0.2) is 0 Å². The largest absolute Gasteiger partial charge is 0.320 e. The standard InChI is InChI=1S/C22H27N3O3/c1-22(2,3)19-9-5-17(6-10-19)15-23-13-4-14-24(21(23)26)16-18-7-11-20(12-8-18)25(27)28/h5-12H,4,13-16H2,1-3H3. The van der Waals surface area contributed by atoms with Crippen LogP contribution in [0, 0.1) is 10.1 Å². The fraction of sp³-hybridized carbons (Fsp3) is 0.409. The Labute approximate surface area is 165 Å². The minimum atomic E-state index is -0.414. The molecule has 2 amide bonds. The van der Waals surface area contributed by atoms with E-state index in [4.69, 9.17) is 0 Å². The van der Waals surface area contributed by atoms with Crippen molar-refractivity contribution >= 4 is 11.7 Å². The van der Waals surface area contributed by atoms with Crippen molar-refractivity contribution in [1.82, 2.24) is 9.80 Å². The van der Waals surface area contributed by atoms with E-state index in [0.29, 0.717) is 19.6 Å². The van der Waals surface area contributed by atoms with Gasteiger partial charge in [-0.3, -0.25) is 10.1 Å². The predicted molar refractivity (Wildman–Crippen MR) is 109 cm³/mol. The molecule has 0 unspecified atom stereocenters. The molecule has 0 saturated carbocycles. The summed E-state index contributed by atoms with van der Waals surface area (Å²) >= 11 is 0. The van der Waals surface area contributed by atoms with Gasteiger partial charge in [0, 0.05) is 38.3 Å². The number of carbonyl (C=O) groups is 1. The van der Waals surface area contributed by atoms with E-state index in [0.717, 1.165) is 24.1 Å². The third-order valence-electron chi connectivity index (χ3n) is 5.11. The SMILES string of the molecule is CC(C)(C)c1ccc(CN2CCCN(Cc3ccc([N+](=O)[O-])cc3)C2=O)cc1. The van der Waals surface area contributed by atoms with Crippen LogP contribution in [0.4, 0.5) is 10.5 Å². The molecular weight excluding hydrogens is 354 g/mol. The molecule has 2 aromatic rings. The van der Waals surface area contributed by atoms with Crippen molar-refractivity contribution in [3.8, 4) is 0 Å². The first-order chi connectivity index (χ1) is 13.2.